The number of hydrogen-bond donors (Lipinski definition) is 2. The topological polar surface area (TPSA) is 98.0 Å². The molecule has 3 rings (SSSR count). The van der Waals surface area contributed by atoms with Crippen molar-refractivity contribution in [3.8, 4) is 11.5 Å². The Hall–Kier alpha value is -2.96. The standard InChI is InChI=1S/C16H15NO6/c18-15(12-3-4-13(23-12)16(19)20)17-6-5-10-1-2-11-14(9-10)22-8-7-21-11/h1-4,9H,5-8H2,(H,17,18)(H,19,20). The highest BCUT2D eigenvalue weighted by molar-refractivity contribution is 5.93. The minimum absolute atomic E-state index is 0.0235. The molecule has 1 aliphatic heterocycles. The van der Waals surface area contributed by atoms with E-state index in [1.807, 2.05) is 18.2 Å². The fourth-order valence-corrected chi connectivity index (χ4v) is 2.23. The van der Waals surface area contributed by atoms with Gasteiger partial charge in [0.15, 0.2) is 17.3 Å². The first kappa shape index (κ1) is 15.0. The van der Waals surface area contributed by atoms with Gasteiger partial charge in [-0.3, -0.25) is 4.79 Å². The second-order valence-corrected chi connectivity index (χ2v) is 4.95. The van der Waals surface area contributed by atoms with Gasteiger partial charge in [-0.05, 0) is 36.2 Å². The van der Waals surface area contributed by atoms with Crippen LogP contribution < -0.4 is 14.8 Å². The smallest absolute Gasteiger partial charge is 0.371 e. The van der Waals surface area contributed by atoms with Crippen LogP contribution in [0.15, 0.2) is 34.7 Å². The maximum atomic E-state index is 11.9. The largest absolute Gasteiger partial charge is 0.486 e. The monoisotopic (exact) mass is 317 g/mol. The van der Waals surface area contributed by atoms with Gasteiger partial charge >= 0.3 is 5.97 Å². The molecule has 2 heterocycles. The second-order valence-electron chi connectivity index (χ2n) is 4.95. The van der Waals surface area contributed by atoms with Crippen molar-refractivity contribution in [3.05, 3.63) is 47.4 Å². The number of fused-ring (bicyclic) bond motifs is 1. The van der Waals surface area contributed by atoms with E-state index in [-0.39, 0.29) is 11.5 Å². The number of amides is 1. The van der Waals surface area contributed by atoms with Crippen molar-refractivity contribution in [2.24, 2.45) is 0 Å². The predicted molar refractivity (Wildman–Crippen MR) is 79.1 cm³/mol. The molecule has 0 spiro atoms. The number of carboxylic acids is 1. The van der Waals surface area contributed by atoms with Gasteiger partial charge in [-0.15, -0.1) is 0 Å². The SMILES string of the molecule is O=C(O)c1ccc(C(=O)NCCc2ccc3c(c2)OCCO3)o1. The van der Waals surface area contributed by atoms with E-state index in [9.17, 15) is 9.59 Å². The van der Waals surface area contributed by atoms with Crippen molar-refractivity contribution in [1.82, 2.24) is 5.32 Å². The van der Waals surface area contributed by atoms with Crippen LogP contribution in [0.1, 0.15) is 26.7 Å². The Kier molecular flexibility index (Phi) is 4.18. The molecule has 1 aliphatic rings. The van der Waals surface area contributed by atoms with Crippen molar-refractivity contribution in [2.45, 2.75) is 6.42 Å². The lowest BCUT2D eigenvalue weighted by Crippen LogP contribution is -2.25. The lowest BCUT2D eigenvalue weighted by Gasteiger charge is -2.18. The van der Waals surface area contributed by atoms with Crippen LogP contribution in [0.5, 0.6) is 11.5 Å². The summed E-state index contributed by atoms with van der Waals surface area (Å²) in [6.45, 7) is 1.46. The summed E-state index contributed by atoms with van der Waals surface area (Å²) in [4.78, 5) is 22.6. The van der Waals surface area contributed by atoms with Crippen LogP contribution in [0.3, 0.4) is 0 Å². The van der Waals surface area contributed by atoms with Gasteiger partial charge in [-0.2, -0.15) is 0 Å². The Bertz CT molecular complexity index is 736. The summed E-state index contributed by atoms with van der Waals surface area (Å²) < 4.78 is 15.9. The second kappa shape index (κ2) is 6.43. The van der Waals surface area contributed by atoms with Crippen LogP contribution in [-0.4, -0.2) is 36.7 Å². The molecule has 0 saturated heterocycles. The lowest BCUT2D eigenvalue weighted by atomic mass is 10.1. The summed E-state index contributed by atoms with van der Waals surface area (Å²) in [5.74, 6) is -0.514. The van der Waals surface area contributed by atoms with Crippen LogP contribution in [0, 0.1) is 0 Å². The number of furan rings is 1. The highest BCUT2D eigenvalue weighted by Gasteiger charge is 2.15. The highest BCUT2D eigenvalue weighted by atomic mass is 16.6. The molecule has 0 bridgehead atoms. The van der Waals surface area contributed by atoms with Gasteiger partial charge in [0, 0.05) is 6.54 Å². The van der Waals surface area contributed by atoms with Crippen LogP contribution in [0.25, 0.3) is 0 Å². The van der Waals surface area contributed by atoms with Crippen molar-refractivity contribution in [1.29, 1.82) is 0 Å². The third kappa shape index (κ3) is 3.45. The lowest BCUT2D eigenvalue weighted by molar-refractivity contribution is 0.0659. The number of carboxylic acid groups (broad SMARTS) is 1. The van der Waals surface area contributed by atoms with Crippen LogP contribution in [-0.2, 0) is 6.42 Å². The molecule has 2 N–H and O–H groups in total. The molecule has 120 valence electrons. The molecule has 2 aromatic rings. The van der Waals surface area contributed by atoms with E-state index in [1.54, 1.807) is 0 Å². The minimum Gasteiger partial charge on any atom is -0.486 e. The zero-order valence-electron chi connectivity index (χ0n) is 12.2. The maximum absolute atomic E-state index is 11.9. The molecule has 0 radical (unpaired) electrons. The summed E-state index contributed by atoms with van der Waals surface area (Å²) >= 11 is 0. The van der Waals surface area contributed by atoms with E-state index in [4.69, 9.17) is 19.0 Å². The fraction of sp³-hybridized carbons (Fsp3) is 0.250. The number of hydrogen-bond acceptors (Lipinski definition) is 5. The molecule has 1 amide bonds. The minimum atomic E-state index is -1.21. The fourth-order valence-electron chi connectivity index (χ4n) is 2.23. The number of rotatable bonds is 5. The summed E-state index contributed by atoms with van der Waals surface area (Å²) in [5, 5.41) is 11.4. The Morgan fingerprint density at radius 3 is 2.52 bits per heavy atom. The first-order valence-electron chi connectivity index (χ1n) is 7.13. The number of benzene rings is 1. The normalized spacial score (nSPS) is 12.7. The van der Waals surface area contributed by atoms with Crippen LogP contribution in [0.4, 0.5) is 0 Å². The van der Waals surface area contributed by atoms with Gasteiger partial charge in [0.2, 0.25) is 5.76 Å². The number of carbonyl (C=O) groups is 2. The van der Waals surface area contributed by atoms with Crippen molar-refractivity contribution >= 4 is 11.9 Å². The molecule has 23 heavy (non-hydrogen) atoms. The molecule has 0 unspecified atom stereocenters. The van der Waals surface area contributed by atoms with E-state index < -0.39 is 11.9 Å². The Morgan fingerprint density at radius 1 is 1.04 bits per heavy atom. The molecule has 1 aromatic carbocycles. The predicted octanol–water partition coefficient (Wildman–Crippen LogP) is 1.72. The molecule has 7 heteroatoms. The summed E-state index contributed by atoms with van der Waals surface area (Å²) in [6.07, 6.45) is 0.606. The average molecular weight is 317 g/mol. The van der Waals surface area contributed by atoms with Crippen LogP contribution >= 0.6 is 0 Å². The molecule has 0 fully saturated rings. The average Bonchev–Trinajstić information content (AvgIpc) is 3.05. The first-order valence-corrected chi connectivity index (χ1v) is 7.13. The van der Waals surface area contributed by atoms with Crippen molar-refractivity contribution in [3.63, 3.8) is 0 Å². The molecule has 0 aliphatic carbocycles. The van der Waals surface area contributed by atoms with Gasteiger partial charge in [-0.25, -0.2) is 4.79 Å². The zero-order valence-corrected chi connectivity index (χ0v) is 12.2. The number of ether oxygens (including phenoxy) is 2. The van der Waals surface area contributed by atoms with Gasteiger partial charge in [0.05, 0.1) is 0 Å². The van der Waals surface area contributed by atoms with E-state index in [0.717, 1.165) is 11.3 Å². The molecule has 1 aromatic heterocycles. The summed E-state index contributed by atoms with van der Waals surface area (Å²) in [5.41, 5.74) is 1.00. The molecule has 7 nitrogen and oxygen atoms in total. The van der Waals surface area contributed by atoms with E-state index in [0.29, 0.717) is 31.9 Å². The highest BCUT2D eigenvalue weighted by Crippen LogP contribution is 2.30. The van der Waals surface area contributed by atoms with Gasteiger partial charge < -0.3 is 24.3 Å². The first-order chi connectivity index (χ1) is 11.1. The van der Waals surface area contributed by atoms with E-state index in [1.165, 1.54) is 12.1 Å². The third-order valence-electron chi connectivity index (χ3n) is 3.35. The molecule has 0 saturated carbocycles. The quantitative estimate of drug-likeness (QED) is 0.871. The summed E-state index contributed by atoms with van der Waals surface area (Å²) in [6, 6.07) is 8.23. The van der Waals surface area contributed by atoms with E-state index >= 15 is 0 Å². The number of aromatic carboxylic acids is 1. The Morgan fingerprint density at radius 2 is 1.78 bits per heavy atom. The van der Waals surface area contributed by atoms with E-state index in [2.05, 4.69) is 5.32 Å². The third-order valence-corrected chi connectivity index (χ3v) is 3.35. The molecule has 0 atom stereocenters. The molecular weight excluding hydrogens is 302 g/mol. The molecular formula is C16H15NO6. The summed E-state index contributed by atoms with van der Waals surface area (Å²) in [7, 11) is 0. The Labute approximate surface area is 131 Å². The van der Waals surface area contributed by atoms with Gasteiger partial charge in [-0.1, -0.05) is 6.07 Å². The van der Waals surface area contributed by atoms with Gasteiger partial charge in [0.25, 0.3) is 5.91 Å². The maximum Gasteiger partial charge on any atom is 0.371 e. The number of carbonyl (C=O) groups excluding carboxylic acids is 1. The number of nitrogens with one attached hydrogen (secondary N) is 1. The van der Waals surface area contributed by atoms with Gasteiger partial charge in [0.1, 0.15) is 13.2 Å². The van der Waals surface area contributed by atoms with Crippen LogP contribution in [0.2, 0.25) is 0 Å². The van der Waals surface area contributed by atoms with Crippen molar-refractivity contribution < 1.29 is 28.6 Å². The van der Waals surface area contributed by atoms with Crippen molar-refractivity contribution in [2.75, 3.05) is 19.8 Å². The Balaban J connectivity index is 1.54. The zero-order chi connectivity index (χ0) is 16.2.